The van der Waals surface area contributed by atoms with Crippen molar-refractivity contribution in [3.05, 3.63) is 65.2 Å². The molecular formula is C16H17NO. The standard InChI is InChI=1S/C16H17NO/c1-12-6-2-5-9-15(12)17-16-11-18-10-13-7-3-4-8-14(13)16/h2-9,16-17H,10-11H2,1H3. The summed E-state index contributed by atoms with van der Waals surface area (Å²) in [6.45, 7) is 3.57. The Morgan fingerprint density at radius 3 is 2.72 bits per heavy atom. The number of rotatable bonds is 2. The summed E-state index contributed by atoms with van der Waals surface area (Å²) in [7, 11) is 0. The van der Waals surface area contributed by atoms with E-state index in [0.29, 0.717) is 0 Å². The molecule has 0 saturated heterocycles. The Hall–Kier alpha value is -1.80. The molecule has 1 N–H and O–H groups in total. The minimum atomic E-state index is 0.246. The third-order valence-corrected chi connectivity index (χ3v) is 3.45. The molecule has 0 aromatic heterocycles. The zero-order valence-corrected chi connectivity index (χ0v) is 10.5. The Labute approximate surface area is 108 Å². The highest BCUT2D eigenvalue weighted by Gasteiger charge is 2.20. The van der Waals surface area contributed by atoms with E-state index in [1.165, 1.54) is 22.4 Å². The summed E-state index contributed by atoms with van der Waals surface area (Å²) < 4.78 is 5.66. The quantitative estimate of drug-likeness (QED) is 0.863. The second-order valence-corrected chi connectivity index (χ2v) is 4.73. The molecule has 1 atom stereocenters. The van der Waals surface area contributed by atoms with Crippen LogP contribution >= 0.6 is 0 Å². The van der Waals surface area contributed by atoms with Crippen molar-refractivity contribution < 1.29 is 4.74 Å². The first-order valence-corrected chi connectivity index (χ1v) is 6.32. The number of aryl methyl sites for hydroxylation is 1. The van der Waals surface area contributed by atoms with Gasteiger partial charge in [-0.3, -0.25) is 0 Å². The second kappa shape index (κ2) is 4.83. The van der Waals surface area contributed by atoms with Gasteiger partial charge < -0.3 is 10.1 Å². The van der Waals surface area contributed by atoms with Crippen LogP contribution in [-0.2, 0) is 11.3 Å². The monoisotopic (exact) mass is 239 g/mol. The molecule has 0 fully saturated rings. The number of anilines is 1. The summed E-state index contributed by atoms with van der Waals surface area (Å²) in [5, 5.41) is 3.58. The van der Waals surface area contributed by atoms with E-state index in [1.807, 2.05) is 0 Å². The van der Waals surface area contributed by atoms with Crippen LogP contribution < -0.4 is 5.32 Å². The van der Waals surface area contributed by atoms with E-state index in [1.54, 1.807) is 0 Å². The number of hydrogen-bond acceptors (Lipinski definition) is 2. The minimum Gasteiger partial charge on any atom is -0.376 e. The lowest BCUT2D eigenvalue weighted by Crippen LogP contribution is -2.23. The SMILES string of the molecule is Cc1ccccc1NC1COCc2ccccc21. The van der Waals surface area contributed by atoms with E-state index >= 15 is 0 Å². The molecule has 2 nitrogen and oxygen atoms in total. The molecule has 2 aromatic carbocycles. The molecular weight excluding hydrogens is 222 g/mol. The van der Waals surface area contributed by atoms with Crippen molar-refractivity contribution in [2.75, 3.05) is 11.9 Å². The van der Waals surface area contributed by atoms with Gasteiger partial charge in [-0.1, -0.05) is 42.5 Å². The van der Waals surface area contributed by atoms with Gasteiger partial charge >= 0.3 is 0 Å². The molecule has 0 spiro atoms. The Morgan fingerprint density at radius 2 is 1.83 bits per heavy atom. The van der Waals surface area contributed by atoms with E-state index in [4.69, 9.17) is 4.74 Å². The normalized spacial score (nSPS) is 18.2. The van der Waals surface area contributed by atoms with Crippen molar-refractivity contribution in [1.82, 2.24) is 0 Å². The summed E-state index contributed by atoms with van der Waals surface area (Å²) in [4.78, 5) is 0. The number of benzene rings is 2. The van der Waals surface area contributed by atoms with Gasteiger partial charge in [-0.2, -0.15) is 0 Å². The van der Waals surface area contributed by atoms with Gasteiger partial charge in [0.05, 0.1) is 19.3 Å². The maximum absolute atomic E-state index is 5.66. The predicted octanol–water partition coefficient (Wildman–Crippen LogP) is 3.68. The summed E-state index contributed by atoms with van der Waals surface area (Å²) in [6.07, 6.45) is 0. The smallest absolute Gasteiger partial charge is 0.0751 e. The summed E-state index contributed by atoms with van der Waals surface area (Å²) >= 11 is 0. The third kappa shape index (κ3) is 2.12. The topological polar surface area (TPSA) is 21.3 Å². The maximum Gasteiger partial charge on any atom is 0.0751 e. The number of fused-ring (bicyclic) bond motifs is 1. The van der Waals surface area contributed by atoms with Crippen LogP contribution in [0, 0.1) is 6.92 Å². The molecule has 92 valence electrons. The summed E-state index contributed by atoms with van der Waals surface area (Å²) in [6, 6.07) is 17.1. The van der Waals surface area contributed by atoms with Crippen molar-refractivity contribution in [2.45, 2.75) is 19.6 Å². The lowest BCUT2D eigenvalue weighted by Gasteiger charge is -2.27. The summed E-state index contributed by atoms with van der Waals surface area (Å²) in [5.74, 6) is 0. The lowest BCUT2D eigenvalue weighted by molar-refractivity contribution is 0.0970. The van der Waals surface area contributed by atoms with E-state index in [9.17, 15) is 0 Å². The Bertz CT molecular complexity index is 550. The van der Waals surface area contributed by atoms with Crippen molar-refractivity contribution in [3.63, 3.8) is 0 Å². The van der Waals surface area contributed by atoms with E-state index < -0.39 is 0 Å². The first kappa shape index (κ1) is 11.3. The van der Waals surface area contributed by atoms with Crippen LogP contribution in [0.15, 0.2) is 48.5 Å². The van der Waals surface area contributed by atoms with Crippen molar-refractivity contribution >= 4 is 5.69 Å². The molecule has 0 radical (unpaired) electrons. The van der Waals surface area contributed by atoms with Gasteiger partial charge in [0.15, 0.2) is 0 Å². The van der Waals surface area contributed by atoms with Crippen LogP contribution in [-0.4, -0.2) is 6.61 Å². The van der Waals surface area contributed by atoms with Crippen LogP contribution in [0.5, 0.6) is 0 Å². The van der Waals surface area contributed by atoms with E-state index in [2.05, 4.69) is 60.8 Å². The van der Waals surface area contributed by atoms with Gasteiger partial charge in [0, 0.05) is 5.69 Å². The molecule has 1 unspecified atom stereocenters. The molecule has 1 aliphatic heterocycles. The highest BCUT2D eigenvalue weighted by Crippen LogP contribution is 2.28. The molecule has 18 heavy (non-hydrogen) atoms. The zero-order valence-electron chi connectivity index (χ0n) is 10.5. The first-order chi connectivity index (χ1) is 8.84. The fraction of sp³-hybridized carbons (Fsp3) is 0.250. The van der Waals surface area contributed by atoms with Crippen molar-refractivity contribution in [1.29, 1.82) is 0 Å². The second-order valence-electron chi connectivity index (χ2n) is 4.73. The largest absolute Gasteiger partial charge is 0.376 e. The summed E-state index contributed by atoms with van der Waals surface area (Å²) in [5.41, 5.74) is 5.09. The molecule has 0 bridgehead atoms. The molecule has 2 heteroatoms. The van der Waals surface area contributed by atoms with Crippen LogP contribution in [0.4, 0.5) is 5.69 Å². The molecule has 0 amide bonds. The molecule has 1 aliphatic rings. The molecule has 3 rings (SSSR count). The van der Waals surface area contributed by atoms with Gasteiger partial charge in [-0.15, -0.1) is 0 Å². The van der Waals surface area contributed by atoms with Gasteiger partial charge in [-0.25, -0.2) is 0 Å². The highest BCUT2D eigenvalue weighted by atomic mass is 16.5. The van der Waals surface area contributed by atoms with Crippen LogP contribution in [0.3, 0.4) is 0 Å². The van der Waals surface area contributed by atoms with E-state index in [-0.39, 0.29) is 6.04 Å². The zero-order chi connectivity index (χ0) is 12.4. The molecule has 0 saturated carbocycles. The first-order valence-electron chi connectivity index (χ1n) is 6.32. The molecule has 0 aliphatic carbocycles. The van der Waals surface area contributed by atoms with Gasteiger partial charge in [0.1, 0.15) is 0 Å². The van der Waals surface area contributed by atoms with Gasteiger partial charge in [0.25, 0.3) is 0 Å². The Kier molecular flexibility index (Phi) is 3.03. The molecule has 1 heterocycles. The van der Waals surface area contributed by atoms with Crippen LogP contribution in [0.1, 0.15) is 22.7 Å². The average molecular weight is 239 g/mol. The van der Waals surface area contributed by atoms with E-state index in [0.717, 1.165) is 13.2 Å². The van der Waals surface area contributed by atoms with Gasteiger partial charge in [0.2, 0.25) is 0 Å². The fourth-order valence-electron chi connectivity index (χ4n) is 2.42. The number of hydrogen-bond donors (Lipinski definition) is 1. The molecule has 2 aromatic rings. The Balaban J connectivity index is 1.89. The predicted molar refractivity (Wildman–Crippen MR) is 73.6 cm³/mol. The van der Waals surface area contributed by atoms with Crippen molar-refractivity contribution in [3.8, 4) is 0 Å². The van der Waals surface area contributed by atoms with Crippen molar-refractivity contribution in [2.24, 2.45) is 0 Å². The maximum atomic E-state index is 5.66. The lowest BCUT2D eigenvalue weighted by atomic mass is 9.98. The number of para-hydroxylation sites is 1. The number of ether oxygens (including phenoxy) is 1. The Morgan fingerprint density at radius 1 is 1.06 bits per heavy atom. The van der Waals surface area contributed by atoms with Gasteiger partial charge in [-0.05, 0) is 29.7 Å². The van der Waals surface area contributed by atoms with Crippen LogP contribution in [0.2, 0.25) is 0 Å². The average Bonchev–Trinajstić information content (AvgIpc) is 2.42. The minimum absolute atomic E-state index is 0.246. The highest BCUT2D eigenvalue weighted by molar-refractivity contribution is 5.52. The van der Waals surface area contributed by atoms with Crippen LogP contribution in [0.25, 0.3) is 0 Å². The number of nitrogens with one attached hydrogen (secondary N) is 1. The third-order valence-electron chi connectivity index (χ3n) is 3.45. The fourth-order valence-corrected chi connectivity index (χ4v) is 2.42.